The topological polar surface area (TPSA) is 94.9 Å². The minimum absolute atomic E-state index is 0.160. The molecule has 0 fully saturated rings. The molecule has 0 aliphatic rings. The van der Waals surface area contributed by atoms with Gasteiger partial charge in [-0.3, -0.25) is 9.35 Å². The van der Waals surface area contributed by atoms with Crippen molar-refractivity contribution in [2.75, 3.05) is 19.1 Å². The Morgan fingerprint density at radius 1 is 1.57 bits per heavy atom. The number of carboxylic acids is 1. The van der Waals surface area contributed by atoms with E-state index >= 15 is 0 Å². The van der Waals surface area contributed by atoms with Crippen molar-refractivity contribution in [2.45, 2.75) is 12.5 Å². The SMILES string of the molecule is CSCCC(C(=O)O)N(C)S(=O)(=O)O. The molecule has 0 spiro atoms. The lowest BCUT2D eigenvalue weighted by Crippen LogP contribution is -2.42. The van der Waals surface area contributed by atoms with E-state index in [4.69, 9.17) is 9.66 Å². The summed E-state index contributed by atoms with van der Waals surface area (Å²) in [5.74, 6) is -0.754. The molecule has 1 unspecified atom stereocenters. The maximum Gasteiger partial charge on any atom is 0.336 e. The Hall–Kier alpha value is -0.310. The highest BCUT2D eigenvalue weighted by molar-refractivity contribution is 7.98. The molecule has 0 aromatic heterocycles. The highest BCUT2D eigenvalue weighted by atomic mass is 32.2. The van der Waals surface area contributed by atoms with Gasteiger partial charge >= 0.3 is 16.3 Å². The van der Waals surface area contributed by atoms with Gasteiger partial charge in [-0.1, -0.05) is 0 Å². The Bertz CT molecular complexity index is 289. The van der Waals surface area contributed by atoms with Gasteiger partial charge < -0.3 is 5.11 Å². The van der Waals surface area contributed by atoms with Crippen LogP contribution < -0.4 is 0 Å². The third-order valence-corrected chi connectivity index (χ3v) is 3.31. The van der Waals surface area contributed by atoms with Crippen molar-refractivity contribution >= 4 is 28.0 Å². The molecular weight excluding hydrogens is 230 g/mol. The standard InChI is InChI=1S/C6H13NO5S2/c1-7(14(10,11)12)5(6(8)9)3-4-13-2/h5H,3-4H2,1-2H3,(H,8,9)(H,10,11,12). The molecule has 14 heavy (non-hydrogen) atoms. The van der Waals surface area contributed by atoms with Gasteiger partial charge in [0.05, 0.1) is 0 Å². The van der Waals surface area contributed by atoms with E-state index in [1.807, 2.05) is 0 Å². The first kappa shape index (κ1) is 13.7. The van der Waals surface area contributed by atoms with Gasteiger partial charge in [0.15, 0.2) is 0 Å². The number of thioether (sulfide) groups is 1. The average Bonchev–Trinajstić information content (AvgIpc) is 2.02. The minimum Gasteiger partial charge on any atom is -0.480 e. The summed E-state index contributed by atoms with van der Waals surface area (Å²) in [5.41, 5.74) is 0. The molecular formula is C6H13NO5S2. The Balaban J connectivity index is 4.58. The summed E-state index contributed by atoms with van der Waals surface area (Å²) < 4.78 is 30.4. The number of hydrogen-bond acceptors (Lipinski definition) is 4. The molecule has 0 aliphatic carbocycles. The molecule has 0 bridgehead atoms. The van der Waals surface area contributed by atoms with E-state index in [2.05, 4.69) is 0 Å². The van der Waals surface area contributed by atoms with E-state index in [1.165, 1.54) is 11.8 Å². The molecule has 0 aromatic rings. The molecule has 0 aliphatic heterocycles. The van der Waals surface area contributed by atoms with E-state index in [0.717, 1.165) is 7.05 Å². The average molecular weight is 243 g/mol. The van der Waals surface area contributed by atoms with Gasteiger partial charge in [-0.25, -0.2) is 0 Å². The van der Waals surface area contributed by atoms with Gasteiger partial charge in [0.2, 0.25) is 0 Å². The second-order valence-electron chi connectivity index (χ2n) is 2.63. The van der Waals surface area contributed by atoms with Crippen LogP contribution in [0.4, 0.5) is 0 Å². The Morgan fingerprint density at radius 2 is 2.07 bits per heavy atom. The molecule has 0 saturated carbocycles. The molecule has 0 amide bonds. The largest absolute Gasteiger partial charge is 0.480 e. The van der Waals surface area contributed by atoms with Crippen molar-refractivity contribution < 1.29 is 22.9 Å². The summed E-state index contributed by atoms with van der Waals surface area (Å²) in [5, 5.41) is 8.71. The lowest BCUT2D eigenvalue weighted by atomic mass is 10.2. The van der Waals surface area contributed by atoms with Gasteiger partial charge in [-0.2, -0.15) is 24.5 Å². The second-order valence-corrected chi connectivity index (χ2v) is 5.09. The number of aliphatic carboxylic acids is 1. The first-order valence-electron chi connectivity index (χ1n) is 3.73. The first-order chi connectivity index (χ1) is 6.30. The van der Waals surface area contributed by atoms with Crippen LogP contribution in [0.15, 0.2) is 0 Å². The summed E-state index contributed by atoms with van der Waals surface area (Å²) in [6.07, 6.45) is 1.94. The zero-order valence-corrected chi connectivity index (χ0v) is 9.51. The third-order valence-electron chi connectivity index (χ3n) is 1.68. The predicted molar refractivity (Wildman–Crippen MR) is 53.7 cm³/mol. The van der Waals surface area contributed by atoms with Crippen molar-refractivity contribution in [1.82, 2.24) is 4.31 Å². The van der Waals surface area contributed by atoms with Crippen LogP contribution in [-0.4, -0.2) is 53.4 Å². The fourth-order valence-corrected chi connectivity index (χ4v) is 1.83. The number of hydrogen-bond donors (Lipinski definition) is 2. The predicted octanol–water partition coefficient (Wildman–Crippen LogP) is -0.0727. The Kier molecular flexibility index (Phi) is 5.42. The summed E-state index contributed by atoms with van der Waals surface area (Å²) in [4.78, 5) is 10.7. The highest BCUT2D eigenvalue weighted by Gasteiger charge is 2.29. The summed E-state index contributed by atoms with van der Waals surface area (Å²) in [6.45, 7) is 0. The van der Waals surface area contributed by atoms with E-state index < -0.39 is 22.3 Å². The van der Waals surface area contributed by atoms with Crippen LogP contribution in [0.3, 0.4) is 0 Å². The maximum absolute atomic E-state index is 10.7. The third kappa shape index (κ3) is 4.27. The number of rotatable bonds is 6. The number of nitrogens with zero attached hydrogens (tertiary/aromatic N) is 1. The van der Waals surface area contributed by atoms with Crippen LogP contribution in [0.25, 0.3) is 0 Å². The van der Waals surface area contributed by atoms with Crippen molar-refractivity contribution in [2.24, 2.45) is 0 Å². The second kappa shape index (κ2) is 5.54. The monoisotopic (exact) mass is 243 g/mol. The van der Waals surface area contributed by atoms with E-state index in [9.17, 15) is 13.2 Å². The van der Waals surface area contributed by atoms with E-state index in [0.29, 0.717) is 10.1 Å². The van der Waals surface area contributed by atoms with Gasteiger partial charge in [0.1, 0.15) is 6.04 Å². The fraction of sp³-hybridized carbons (Fsp3) is 0.833. The first-order valence-corrected chi connectivity index (χ1v) is 6.52. The molecule has 0 heterocycles. The molecule has 0 aromatic carbocycles. The number of likely N-dealkylation sites (N-methyl/N-ethyl adjacent to an activating group) is 1. The maximum atomic E-state index is 10.7. The minimum atomic E-state index is -4.43. The molecule has 2 N–H and O–H groups in total. The van der Waals surface area contributed by atoms with Gasteiger partial charge in [0.25, 0.3) is 0 Å². The highest BCUT2D eigenvalue weighted by Crippen LogP contribution is 2.09. The summed E-state index contributed by atoms with van der Waals surface area (Å²) in [7, 11) is -3.40. The van der Waals surface area contributed by atoms with Crippen LogP contribution in [0.1, 0.15) is 6.42 Å². The van der Waals surface area contributed by atoms with E-state index in [-0.39, 0.29) is 6.42 Å². The van der Waals surface area contributed by atoms with Gasteiger partial charge in [0, 0.05) is 7.05 Å². The molecule has 84 valence electrons. The normalized spacial score (nSPS) is 14.3. The molecule has 1 atom stereocenters. The van der Waals surface area contributed by atoms with Crippen LogP contribution in [0.2, 0.25) is 0 Å². The molecule has 0 rings (SSSR count). The van der Waals surface area contributed by atoms with Crippen molar-refractivity contribution in [3.05, 3.63) is 0 Å². The molecule has 8 heteroatoms. The Labute approximate surface area is 87.2 Å². The molecule has 0 saturated heterocycles. The Morgan fingerprint density at radius 3 is 2.36 bits per heavy atom. The van der Waals surface area contributed by atoms with Crippen molar-refractivity contribution in [3.63, 3.8) is 0 Å². The van der Waals surface area contributed by atoms with Crippen LogP contribution in [-0.2, 0) is 15.1 Å². The van der Waals surface area contributed by atoms with Crippen LogP contribution in [0, 0.1) is 0 Å². The zero-order valence-electron chi connectivity index (χ0n) is 7.87. The van der Waals surface area contributed by atoms with Crippen LogP contribution >= 0.6 is 11.8 Å². The smallest absolute Gasteiger partial charge is 0.336 e. The summed E-state index contributed by atoms with van der Waals surface area (Å²) in [6, 6.07) is -1.21. The quantitative estimate of drug-likeness (QED) is 0.634. The fourth-order valence-electron chi connectivity index (χ4n) is 0.851. The van der Waals surface area contributed by atoms with Gasteiger partial charge in [-0.05, 0) is 18.4 Å². The lowest BCUT2D eigenvalue weighted by Gasteiger charge is -2.20. The molecule has 0 radical (unpaired) electrons. The van der Waals surface area contributed by atoms with Crippen LogP contribution in [0.5, 0.6) is 0 Å². The number of carboxylic acid groups (broad SMARTS) is 1. The van der Waals surface area contributed by atoms with Crippen molar-refractivity contribution in [3.8, 4) is 0 Å². The number of carbonyl (C=O) groups is 1. The van der Waals surface area contributed by atoms with Crippen molar-refractivity contribution in [1.29, 1.82) is 0 Å². The lowest BCUT2D eigenvalue weighted by molar-refractivity contribution is -0.141. The van der Waals surface area contributed by atoms with Gasteiger partial charge in [-0.15, -0.1) is 0 Å². The van der Waals surface area contributed by atoms with E-state index in [1.54, 1.807) is 6.26 Å². The zero-order chi connectivity index (χ0) is 11.4. The molecule has 6 nitrogen and oxygen atoms in total. The summed E-state index contributed by atoms with van der Waals surface area (Å²) >= 11 is 1.41.